The lowest BCUT2D eigenvalue weighted by Crippen LogP contribution is -2.21. The third kappa shape index (κ3) is 4.29. The first kappa shape index (κ1) is 16.0. The summed E-state index contributed by atoms with van der Waals surface area (Å²) in [6.45, 7) is 3.14. The molecule has 2 rings (SSSR count). The van der Waals surface area contributed by atoms with Crippen LogP contribution < -0.4 is 10.2 Å². The molecule has 0 saturated carbocycles. The first-order valence-corrected chi connectivity index (χ1v) is 7.98. The molecule has 0 bridgehead atoms. The second-order valence-electron chi connectivity index (χ2n) is 5.25. The summed E-state index contributed by atoms with van der Waals surface area (Å²) < 4.78 is 1.14. The van der Waals surface area contributed by atoms with E-state index in [1.807, 2.05) is 19.4 Å². The van der Waals surface area contributed by atoms with E-state index in [2.05, 4.69) is 75.4 Å². The zero-order valence-corrected chi connectivity index (χ0v) is 14.4. The van der Waals surface area contributed by atoms with Crippen LogP contribution in [0.4, 0.5) is 5.69 Å². The minimum absolute atomic E-state index is 0.359. The predicted molar refractivity (Wildman–Crippen MR) is 92.8 cm³/mol. The van der Waals surface area contributed by atoms with Gasteiger partial charge < -0.3 is 10.2 Å². The molecular weight excluding hydrogens is 326 g/mol. The fourth-order valence-electron chi connectivity index (χ4n) is 2.24. The van der Waals surface area contributed by atoms with E-state index in [9.17, 15) is 0 Å². The molecule has 0 fully saturated rings. The number of halogens is 1. The Kier molecular flexibility index (Phi) is 5.76. The van der Waals surface area contributed by atoms with Gasteiger partial charge in [0, 0.05) is 36.5 Å². The average Bonchev–Trinajstić information content (AvgIpc) is 2.52. The highest BCUT2D eigenvalue weighted by atomic mass is 79.9. The summed E-state index contributed by atoms with van der Waals surface area (Å²) in [5.74, 6) is 0. The van der Waals surface area contributed by atoms with Crippen molar-refractivity contribution in [3.63, 3.8) is 0 Å². The molecular formula is C17H22BrN3. The van der Waals surface area contributed by atoms with Crippen LogP contribution in [0.15, 0.2) is 47.2 Å². The highest BCUT2D eigenvalue weighted by Crippen LogP contribution is 2.28. The maximum absolute atomic E-state index is 4.05. The third-order valence-corrected chi connectivity index (χ3v) is 4.44. The topological polar surface area (TPSA) is 28.2 Å². The number of nitrogens with zero attached hydrogens (tertiary/aromatic N) is 2. The minimum Gasteiger partial charge on any atom is -0.373 e. The van der Waals surface area contributed by atoms with Crippen LogP contribution in [0.1, 0.15) is 24.1 Å². The van der Waals surface area contributed by atoms with Crippen LogP contribution >= 0.6 is 15.9 Å². The van der Waals surface area contributed by atoms with Crippen LogP contribution in [0.5, 0.6) is 0 Å². The molecule has 0 saturated heterocycles. The molecule has 0 amide bonds. The second kappa shape index (κ2) is 7.57. The number of rotatable bonds is 6. The number of benzene rings is 1. The smallest absolute Gasteiger partial charge is 0.0508 e. The van der Waals surface area contributed by atoms with Crippen molar-refractivity contribution < 1.29 is 0 Å². The van der Waals surface area contributed by atoms with Gasteiger partial charge in [0.25, 0.3) is 0 Å². The van der Waals surface area contributed by atoms with Gasteiger partial charge in [-0.25, -0.2) is 0 Å². The molecule has 1 aromatic carbocycles. The Morgan fingerprint density at radius 1 is 1.24 bits per heavy atom. The van der Waals surface area contributed by atoms with Crippen molar-refractivity contribution in [1.82, 2.24) is 10.3 Å². The lowest BCUT2D eigenvalue weighted by Gasteiger charge is -2.22. The van der Waals surface area contributed by atoms with E-state index >= 15 is 0 Å². The van der Waals surface area contributed by atoms with Crippen LogP contribution in [0, 0.1) is 0 Å². The van der Waals surface area contributed by atoms with Crippen LogP contribution in [0.25, 0.3) is 0 Å². The first-order valence-electron chi connectivity index (χ1n) is 7.18. The van der Waals surface area contributed by atoms with Gasteiger partial charge in [0.2, 0.25) is 0 Å². The highest BCUT2D eigenvalue weighted by molar-refractivity contribution is 9.10. The number of pyridine rings is 1. The van der Waals surface area contributed by atoms with Gasteiger partial charge in [0.15, 0.2) is 0 Å². The Hall–Kier alpha value is -1.39. The number of nitrogens with one attached hydrogen (secondary N) is 1. The summed E-state index contributed by atoms with van der Waals surface area (Å²) in [5.41, 5.74) is 3.82. The van der Waals surface area contributed by atoms with Gasteiger partial charge >= 0.3 is 0 Å². The largest absolute Gasteiger partial charge is 0.373 e. The van der Waals surface area contributed by atoms with Crippen molar-refractivity contribution >= 4 is 21.6 Å². The summed E-state index contributed by atoms with van der Waals surface area (Å²) in [5, 5.41) is 3.26. The molecule has 0 radical (unpaired) electrons. The van der Waals surface area contributed by atoms with Crippen molar-refractivity contribution in [2.75, 3.05) is 25.5 Å². The average molecular weight is 348 g/mol. The molecule has 1 heterocycles. The van der Waals surface area contributed by atoms with E-state index in [1.165, 1.54) is 16.8 Å². The van der Waals surface area contributed by atoms with Gasteiger partial charge in [0.1, 0.15) is 0 Å². The Morgan fingerprint density at radius 2 is 1.95 bits per heavy atom. The van der Waals surface area contributed by atoms with Crippen molar-refractivity contribution in [1.29, 1.82) is 0 Å². The molecule has 0 aliphatic carbocycles. The van der Waals surface area contributed by atoms with Gasteiger partial charge in [-0.3, -0.25) is 4.98 Å². The molecule has 1 unspecified atom stereocenters. The minimum atomic E-state index is 0.359. The monoisotopic (exact) mass is 347 g/mol. The van der Waals surface area contributed by atoms with Crippen LogP contribution in [-0.2, 0) is 6.42 Å². The Labute approximate surface area is 135 Å². The fourth-order valence-corrected chi connectivity index (χ4v) is 2.93. The Morgan fingerprint density at radius 3 is 2.57 bits per heavy atom. The number of hydrogen-bond acceptors (Lipinski definition) is 3. The van der Waals surface area contributed by atoms with Crippen LogP contribution in [0.2, 0.25) is 0 Å². The van der Waals surface area contributed by atoms with E-state index in [1.54, 1.807) is 0 Å². The summed E-state index contributed by atoms with van der Waals surface area (Å²) in [6, 6.07) is 11.1. The highest BCUT2D eigenvalue weighted by Gasteiger charge is 2.09. The molecule has 3 nitrogen and oxygen atoms in total. The number of hydrogen-bond donors (Lipinski definition) is 1. The van der Waals surface area contributed by atoms with E-state index in [4.69, 9.17) is 0 Å². The molecule has 0 spiro atoms. The van der Waals surface area contributed by atoms with Crippen LogP contribution in [0.3, 0.4) is 0 Å². The van der Waals surface area contributed by atoms with Crippen molar-refractivity contribution in [3.05, 3.63) is 58.3 Å². The SMILES string of the molecule is CNC(C)c1ccc(N(C)CCc2ccncc2)c(Br)c1. The summed E-state index contributed by atoms with van der Waals surface area (Å²) in [6.07, 6.45) is 4.71. The quantitative estimate of drug-likeness (QED) is 0.861. The van der Waals surface area contributed by atoms with E-state index in [-0.39, 0.29) is 0 Å². The normalized spacial score (nSPS) is 12.2. The fraction of sp³-hybridized carbons (Fsp3) is 0.353. The molecule has 2 aromatic rings. The molecule has 4 heteroatoms. The lowest BCUT2D eigenvalue weighted by molar-refractivity contribution is 0.652. The van der Waals surface area contributed by atoms with Gasteiger partial charge in [-0.2, -0.15) is 0 Å². The van der Waals surface area contributed by atoms with Gasteiger partial charge in [-0.15, -0.1) is 0 Å². The molecule has 1 N–H and O–H groups in total. The maximum Gasteiger partial charge on any atom is 0.0508 e. The van der Waals surface area contributed by atoms with Gasteiger partial charge in [-0.05, 0) is 71.7 Å². The third-order valence-electron chi connectivity index (χ3n) is 3.80. The zero-order chi connectivity index (χ0) is 15.2. The van der Waals surface area contributed by atoms with Gasteiger partial charge in [0.05, 0.1) is 5.69 Å². The summed E-state index contributed by atoms with van der Waals surface area (Å²) >= 11 is 3.69. The van der Waals surface area contributed by atoms with E-state index in [0.29, 0.717) is 6.04 Å². The van der Waals surface area contributed by atoms with Crippen molar-refractivity contribution in [3.8, 4) is 0 Å². The first-order chi connectivity index (χ1) is 10.1. The van der Waals surface area contributed by atoms with Crippen molar-refractivity contribution in [2.24, 2.45) is 0 Å². The number of anilines is 1. The molecule has 0 aliphatic heterocycles. The molecule has 1 aromatic heterocycles. The summed E-state index contributed by atoms with van der Waals surface area (Å²) in [7, 11) is 4.11. The Bertz CT molecular complexity index is 572. The lowest BCUT2D eigenvalue weighted by atomic mass is 10.1. The Balaban J connectivity index is 2.04. The molecule has 112 valence electrons. The zero-order valence-electron chi connectivity index (χ0n) is 12.8. The molecule has 21 heavy (non-hydrogen) atoms. The predicted octanol–water partition coefficient (Wildman–Crippen LogP) is 3.80. The second-order valence-corrected chi connectivity index (χ2v) is 6.10. The van der Waals surface area contributed by atoms with E-state index < -0.39 is 0 Å². The van der Waals surface area contributed by atoms with Crippen molar-refractivity contribution in [2.45, 2.75) is 19.4 Å². The summed E-state index contributed by atoms with van der Waals surface area (Å²) in [4.78, 5) is 6.33. The van der Waals surface area contributed by atoms with Gasteiger partial charge in [-0.1, -0.05) is 6.07 Å². The molecule has 1 atom stereocenters. The van der Waals surface area contributed by atoms with E-state index in [0.717, 1.165) is 17.4 Å². The van der Waals surface area contributed by atoms with Crippen LogP contribution in [-0.4, -0.2) is 25.6 Å². The number of likely N-dealkylation sites (N-methyl/N-ethyl adjacent to an activating group) is 1. The maximum atomic E-state index is 4.05. The standard InChI is InChI=1S/C17H22BrN3/c1-13(19-2)15-4-5-17(16(18)12-15)21(3)11-8-14-6-9-20-10-7-14/h4-7,9-10,12-13,19H,8,11H2,1-3H3. The number of aromatic nitrogens is 1. The molecule has 0 aliphatic rings.